The van der Waals surface area contributed by atoms with Gasteiger partial charge in [0.05, 0.1) is 11.2 Å². The zero-order valence-electron chi connectivity index (χ0n) is 19.9. The molecule has 2 aliphatic rings. The normalized spacial score (nSPS) is 22.3. The minimum Gasteiger partial charge on any atom is -0.508 e. The molecule has 2 unspecified atom stereocenters. The van der Waals surface area contributed by atoms with Gasteiger partial charge in [0.1, 0.15) is 17.3 Å². The molecular weight excluding hydrogens is 480 g/mol. The summed E-state index contributed by atoms with van der Waals surface area (Å²) in [5, 5.41) is 9.22. The summed E-state index contributed by atoms with van der Waals surface area (Å²) in [5.74, 6) is 0.222. The van der Waals surface area contributed by atoms with Gasteiger partial charge in [-0.25, -0.2) is 0 Å². The third kappa shape index (κ3) is 5.57. The fourth-order valence-corrected chi connectivity index (χ4v) is 7.93. The van der Waals surface area contributed by atoms with Crippen LogP contribution in [-0.4, -0.2) is 25.1 Å². The summed E-state index contributed by atoms with van der Waals surface area (Å²) in [6, 6.07) is 26.5. The Hall–Kier alpha value is -2.77. The number of fused-ring (bicyclic) bond motifs is 2. The molecule has 0 aromatic heterocycles. The molecule has 0 aliphatic heterocycles. The van der Waals surface area contributed by atoms with Gasteiger partial charge in [0, 0.05) is 18.2 Å². The van der Waals surface area contributed by atoms with Crippen LogP contribution in [0.25, 0.3) is 0 Å². The van der Waals surface area contributed by atoms with Crippen LogP contribution in [0.5, 0.6) is 11.5 Å². The number of phenols is 1. The summed E-state index contributed by atoms with van der Waals surface area (Å²) in [4.78, 5) is 15.1. The number of rotatable bonds is 6. The maximum absolute atomic E-state index is 12.4. The van der Waals surface area contributed by atoms with Crippen LogP contribution in [0.4, 0.5) is 0 Å². The van der Waals surface area contributed by atoms with E-state index in [1.54, 1.807) is 0 Å². The number of hydrogen-bond donors (Lipinski definition) is 1. The van der Waals surface area contributed by atoms with Crippen molar-refractivity contribution in [1.29, 1.82) is 0 Å². The topological polar surface area (TPSA) is 80.7 Å². The Labute approximate surface area is 211 Å². The van der Waals surface area contributed by atoms with Gasteiger partial charge in [0.25, 0.3) is 0 Å². The van der Waals surface area contributed by atoms with E-state index in [4.69, 9.17) is 4.18 Å². The Morgan fingerprint density at radius 2 is 1.46 bits per heavy atom. The minimum absolute atomic E-state index is 0.0362. The maximum Gasteiger partial charge on any atom is 0.310 e. The zero-order valence-corrected chi connectivity index (χ0v) is 21.6. The van der Waals surface area contributed by atoms with Gasteiger partial charge in [-0.1, -0.05) is 50.2 Å². The number of thiol groups is 1. The molecule has 2 aliphatic carbocycles. The van der Waals surface area contributed by atoms with Crippen LogP contribution in [0.1, 0.15) is 33.1 Å². The van der Waals surface area contributed by atoms with Crippen molar-refractivity contribution in [3.63, 3.8) is 0 Å². The fourth-order valence-electron chi connectivity index (χ4n) is 5.24. The van der Waals surface area contributed by atoms with Crippen molar-refractivity contribution in [3.05, 3.63) is 84.9 Å². The molecule has 2 saturated carbocycles. The highest BCUT2D eigenvalue weighted by atomic mass is 32.2. The second kappa shape index (κ2) is 10.1. The summed E-state index contributed by atoms with van der Waals surface area (Å²) in [6.45, 7) is 3.98. The van der Waals surface area contributed by atoms with Crippen molar-refractivity contribution >= 4 is 27.7 Å². The van der Waals surface area contributed by atoms with Gasteiger partial charge in [-0.05, 0) is 72.7 Å². The number of carbonyl (C=O) groups is 1. The van der Waals surface area contributed by atoms with Gasteiger partial charge in [-0.15, -0.1) is 0 Å². The number of carbonyl (C=O) groups excluding carboxylic acids is 1. The van der Waals surface area contributed by atoms with Crippen LogP contribution in [0.2, 0.25) is 0 Å². The Morgan fingerprint density at radius 3 is 1.91 bits per heavy atom. The summed E-state index contributed by atoms with van der Waals surface area (Å²) in [7, 11) is -3.88. The standard InChI is InChI=1S/C16H20O5S.C12H10S/c1-15(2)11-7-8-16(15,14(18)9-11)10-22(19,20)21-13-5-3-12(17)4-6-13;1-3-7-11(8-4-1)13-12-9-5-2-6-10-12/h3-6,11,17H,7-10H2,1-2H3;1-10H/p+1. The predicted molar refractivity (Wildman–Crippen MR) is 139 cm³/mol. The number of phenolic OH excluding ortho intramolecular Hbond substituents is 1. The quantitative estimate of drug-likeness (QED) is 0.272. The fraction of sp³-hybridized carbons (Fsp3) is 0.321. The predicted octanol–water partition coefficient (Wildman–Crippen LogP) is 5.42. The summed E-state index contributed by atoms with van der Waals surface area (Å²) < 4.78 is 30.0. The second-order valence-electron chi connectivity index (χ2n) is 9.73. The maximum atomic E-state index is 12.4. The Kier molecular flexibility index (Phi) is 7.29. The Morgan fingerprint density at radius 1 is 0.914 bits per heavy atom. The highest BCUT2D eigenvalue weighted by Gasteiger charge is 2.65. The van der Waals surface area contributed by atoms with Crippen molar-refractivity contribution in [2.75, 3.05) is 5.75 Å². The van der Waals surface area contributed by atoms with E-state index < -0.39 is 15.5 Å². The Bertz CT molecular complexity index is 1220. The molecule has 0 radical (unpaired) electrons. The first-order chi connectivity index (χ1) is 16.6. The molecule has 0 amide bonds. The molecule has 2 bridgehead atoms. The van der Waals surface area contributed by atoms with E-state index >= 15 is 0 Å². The van der Waals surface area contributed by atoms with Crippen LogP contribution in [0.3, 0.4) is 0 Å². The van der Waals surface area contributed by atoms with Crippen molar-refractivity contribution in [2.24, 2.45) is 16.7 Å². The van der Waals surface area contributed by atoms with Crippen LogP contribution in [0, 0.1) is 16.7 Å². The van der Waals surface area contributed by atoms with Gasteiger partial charge < -0.3 is 9.29 Å². The lowest BCUT2D eigenvalue weighted by molar-refractivity contribution is -0.128. The lowest BCUT2D eigenvalue weighted by Gasteiger charge is -2.35. The molecule has 7 heteroatoms. The van der Waals surface area contributed by atoms with Gasteiger partial charge in [0.2, 0.25) is 0 Å². The van der Waals surface area contributed by atoms with Gasteiger partial charge in [-0.2, -0.15) is 8.42 Å². The largest absolute Gasteiger partial charge is 0.508 e. The molecule has 184 valence electrons. The third-order valence-electron chi connectivity index (χ3n) is 7.39. The van der Waals surface area contributed by atoms with Crippen LogP contribution >= 0.6 is 0 Å². The summed E-state index contributed by atoms with van der Waals surface area (Å²) >= 11 is 1.28. The number of hydrogen-bond acceptors (Lipinski definition) is 5. The molecule has 0 spiro atoms. The molecule has 5 nitrogen and oxygen atoms in total. The molecule has 2 fully saturated rings. The number of benzene rings is 3. The molecule has 3 aromatic carbocycles. The molecule has 35 heavy (non-hydrogen) atoms. The molecule has 1 N–H and O–H groups in total. The van der Waals surface area contributed by atoms with Gasteiger partial charge in [0.15, 0.2) is 9.79 Å². The summed E-state index contributed by atoms with van der Waals surface area (Å²) in [6.07, 6.45) is 1.98. The highest BCUT2D eigenvalue weighted by molar-refractivity contribution is 7.87. The molecule has 0 heterocycles. The van der Waals surface area contributed by atoms with Crippen LogP contribution in [0.15, 0.2) is 94.7 Å². The molecular formula is C28H31O5S2+. The highest BCUT2D eigenvalue weighted by Crippen LogP contribution is 2.64. The lowest BCUT2D eigenvalue weighted by atomic mass is 9.70. The smallest absolute Gasteiger partial charge is 0.310 e. The zero-order chi connectivity index (χ0) is 25.1. The third-order valence-corrected chi connectivity index (χ3v) is 9.80. The number of aromatic hydroxyl groups is 1. The average Bonchev–Trinajstić information content (AvgIpc) is 3.16. The minimum atomic E-state index is -3.88. The van der Waals surface area contributed by atoms with Crippen molar-refractivity contribution in [2.45, 2.75) is 42.9 Å². The first kappa shape index (κ1) is 25.3. The van der Waals surface area contributed by atoms with Crippen LogP contribution in [-0.2, 0) is 26.7 Å². The average molecular weight is 512 g/mol. The molecule has 5 rings (SSSR count). The van der Waals surface area contributed by atoms with E-state index in [2.05, 4.69) is 48.5 Å². The number of Topliss-reactive ketones (excluding diaryl/α,β-unsaturated/α-hetero) is 1. The monoisotopic (exact) mass is 511 g/mol. The van der Waals surface area contributed by atoms with E-state index in [1.165, 1.54) is 45.8 Å². The first-order valence-corrected chi connectivity index (χ1v) is 14.1. The molecule has 3 aromatic rings. The van der Waals surface area contributed by atoms with Crippen molar-refractivity contribution in [3.8, 4) is 11.5 Å². The van der Waals surface area contributed by atoms with Gasteiger partial charge in [-0.3, -0.25) is 4.79 Å². The second-order valence-corrected chi connectivity index (χ2v) is 12.6. The van der Waals surface area contributed by atoms with Crippen LogP contribution < -0.4 is 4.18 Å². The number of ketones is 1. The molecule has 2 atom stereocenters. The summed E-state index contributed by atoms with van der Waals surface area (Å²) in [5.41, 5.74) is -1.14. The first-order valence-electron chi connectivity index (χ1n) is 11.7. The van der Waals surface area contributed by atoms with E-state index in [0.717, 1.165) is 6.42 Å². The van der Waals surface area contributed by atoms with Gasteiger partial charge >= 0.3 is 10.1 Å². The Balaban J connectivity index is 0.000000189. The lowest BCUT2D eigenvalue weighted by Crippen LogP contribution is -2.43. The van der Waals surface area contributed by atoms with E-state index in [-0.39, 0.29) is 34.4 Å². The molecule has 0 saturated heterocycles. The SMILES string of the molecule is CC1(C)C2CCC1(CS(=O)(=O)Oc1ccc(O)cc1)C(=O)C2.c1ccc([SH+]c2ccccc2)cc1. The van der Waals surface area contributed by atoms with E-state index in [9.17, 15) is 18.3 Å². The van der Waals surface area contributed by atoms with Crippen molar-refractivity contribution in [1.82, 2.24) is 0 Å². The van der Waals surface area contributed by atoms with E-state index in [0.29, 0.717) is 12.8 Å². The van der Waals surface area contributed by atoms with E-state index in [1.807, 2.05) is 26.0 Å². The van der Waals surface area contributed by atoms with Crippen molar-refractivity contribution < 1.29 is 22.5 Å².